The number of piperidine rings is 1. The molecule has 7 heteroatoms. The van der Waals surface area contributed by atoms with E-state index in [1.807, 2.05) is 24.3 Å². The molecule has 1 fully saturated rings. The normalized spacial score (nSPS) is 17.4. The third-order valence-corrected chi connectivity index (χ3v) is 4.12. The fraction of sp³-hybridized carbons (Fsp3) is 0.353. The highest BCUT2D eigenvalue weighted by Gasteiger charge is 2.25. The zero-order valence-corrected chi connectivity index (χ0v) is 13.9. The second-order valence-corrected chi connectivity index (χ2v) is 6.10. The van der Waals surface area contributed by atoms with Crippen LogP contribution in [-0.4, -0.2) is 40.1 Å². The van der Waals surface area contributed by atoms with Crippen LogP contribution >= 0.6 is 11.6 Å². The first kappa shape index (κ1) is 16.5. The highest BCUT2D eigenvalue weighted by molar-refractivity contribution is 6.30. The Morgan fingerprint density at radius 1 is 1.33 bits per heavy atom. The zero-order chi connectivity index (χ0) is 16.8. The van der Waals surface area contributed by atoms with Gasteiger partial charge in [-0.25, -0.2) is 14.8 Å². The lowest BCUT2D eigenvalue weighted by Gasteiger charge is -2.32. The summed E-state index contributed by atoms with van der Waals surface area (Å²) < 4.78 is 5.82. The van der Waals surface area contributed by atoms with Crippen LogP contribution in [0.3, 0.4) is 0 Å². The molecule has 1 N–H and O–H groups in total. The summed E-state index contributed by atoms with van der Waals surface area (Å²) in [6.45, 7) is 1.76. The number of rotatable bonds is 4. The topological polar surface area (TPSA) is 67.4 Å². The van der Waals surface area contributed by atoms with Crippen molar-refractivity contribution in [1.29, 1.82) is 0 Å². The van der Waals surface area contributed by atoms with Crippen molar-refractivity contribution in [2.75, 3.05) is 13.1 Å². The predicted molar refractivity (Wildman–Crippen MR) is 90.9 cm³/mol. The van der Waals surface area contributed by atoms with Crippen LogP contribution in [0, 0.1) is 0 Å². The molecule has 126 valence electrons. The van der Waals surface area contributed by atoms with Crippen molar-refractivity contribution in [3.63, 3.8) is 0 Å². The monoisotopic (exact) mass is 346 g/mol. The van der Waals surface area contributed by atoms with Gasteiger partial charge in [0.1, 0.15) is 12.4 Å². The molecule has 1 aromatic carbocycles. The number of halogens is 1. The molecule has 1 atom stereocenters. The minimum Gasteiger partial charge on any atom is -0.472 e. The maximum Gasteiger partial charge on any atom is 0.317 e. The maximum atomic E-state index is 12.3. The Labute approximate surface area is 145 Å². The number of ether oxygens (including phenoxy) is 1. The minimum absolute atomic E-state index is 0.0464. The number of hydrogen-bond donors (Lipinski definition) is 1. The Morgan fingerprint density at radius 2 is 2.17 bits per heavy atom. The molecule has 2 aromatic rings. The van der Waals surface area contributed by atoms with Crippen LogP contribution in [0.1, 0.15) is 18.4 Å². The first-order valence-electron chi connectivity index (χ1n) is 7.90. The van der Waals surface area contributed by atoms with Crippen molar-refractivity contribution in [2.45, 2.75) is 25.5 Å². The van der Waals surface area contributed by atoms with Crippen LogP contribution < -0.4 is 10.1 Å². The van der Waals surface area contributed by atoms with Gasteiger partial charge in [0.25, 0.3) is 0 Å². The molecule has 0 radical (unpaired) electrons. The van der Waals surface area contributed by atoms with Crippen molar-refractivity contribution >= 4 is 17.6 Å². The average molecular weight is 347 g/mol. The predicted octanol–water partition coefficient (Wildman–Crippen LogP) is 2.88. The Balaban J connectivity index is 1.50. The summed E-state index contributed by atoms with van der Waals surface area (Å²) in [5.41, 5.74) is 1.01. The van der Waals surface area contributed by atoms with E-state index < -0.39 is 0 Å². The molecule has 24 heavy (non-hydrogen) atoms. The van der Waals surface area contributed by atoms with Gasteiger partial charge in [0, 0.05) is 30.4 Å². The van der Waals surface area contributed by atoms with Gasteiger partial charge in [-0.1, -0.05) is 23.7 Å². The van der Waals surface area contributed by atoms with Crippen LogP contribution in [0.25, 0.3) is 0 Å². The van der Waals surface area contributed by atoms with E-state index >= 15 is 0 Å². The van der Waals surface area contributed by atoms with Gasteiger partial charge in [-0.15, -0.1) is 0 Å². The Hall–Kier alpha value is -2.34. The van der Waals surface area contributed by atoms with Crippen LogP contribution in [0.15, 0.2) is 42.9 Å². The van der Waals surface area contributed by atoms with Crippen molar-refractivity contribution < 1.29 is 9.53 Å². The molecular weight excluding hydrogens is 328 g/mol. The molecular formula is C17H19ClN4O2. The maximum absolute atomic E-state index is 12.3. The Morgan fingerprint density at radius 3 is 2.92 bits per heavy atom. The number of aromatic nitrogens is 2. The summed E-state index contributed by atoms with van der Waals surface area (Å²) in [4.78, 5) is 22.1. The fourth-order valence-corrected chi connectivity index (χ4v) is 2.76. The SMILES string of the molecule is O=C(NCc1ccc(Cl)cc1)N1CCC[C@H](Oc2ccncn2)C1. The molecule has 0 saturated carbocycles. The Bertz CT molecular complexity index is 666. The standard InChI is InChI=1S/C17H19ClN4O2/c18-14-5-3-13(4-6-14)10-20-17(23)22-9-1-2-15(11-22)24-16-7-8-19-12-21-16/h3-8,12,15H,1-2,9-11H2,(H,20,23)/t15-/m0/s1. The molecule has 2 heterocycles. The summed E-state index contributed by atoms with van der Waals surface area (Å²) in [5, 5.41) is 3.62. The number of carbonyl (C=O) groups excluding carboxylic acids is 1. The lowest BCUT2D eigenvalue weighted by Crippen LogP contribution is -2.48. The van der Waals surface area contributed by atoms with Crippen LogP contribution in [0.4, 0.5) is 4.79 Å². The quantitative estimate of drug-likeness (QED) is 0.924. The van der Waals surface area contributed by atoms with Crippen LogP contribution in [0.2, 0.25) is 5.02 Å². The summed E-state index contributed by atoms with van der Waals surface area (Å²) in [6, 6.07) is 9.07. The molecule has 3 rings (SSSR count). The average Bonchev–Trinajstić information content (AvgIpc) is 2.62. The largest absolute Gasteiger partial charge is 0.472 e. The highest BCUT2D eigenvalue weighted by Crippen LogP contribution is 2.16. The molecule has 1 saturated heterocycles. The smallest absolute Gasteiger partial charge is 0.317 e. The molecule has 0 unspecified atom stereocenters. The fourth-order valence-electron chi connectivity index (χ4n) is 2.63. The summed E-state index contributed by atoms with van der Waals surface area (Å²) in [5.74, 6) is 0.540. The number of nitrogens with zero attached hydrogens (tertiary/aromatic N) is 3. The number of carbonyl (C=O) groups is 1. The molecule has 1 aliphatic rings. The first-order chi connectivity index (χ1) is 11.7. The number of likely N-dealkylation sites (tertiary alicyclic amines) is 1. The molecule has 2 amide bonds. The van der Waals surface area contributed by atoms with Gasteiger partial charge in [0.15, 0.2) is 0 Å². The number of hydrogen-bond acceptors (Lipinski definition) is 4. The molecule has 0 spiro atoms. The molecule has 0 aliphatic carbocycles. The Kier molecular flexibility index (Phi) is 5.48. The van der Waals surface area contributed by atoms with Gasteiger partial charge in [-0.05, 0) is 30.5 Å². The summed E-state index contributed by atoms with van der Waals surface area (Å²) in [7, 11) is 0. The van der Waals surface area contributed by atoms with E-state index in [1.165, 1.54) is 6.33 Å². The number of amides is 2. The van der Waals surface area contributed by atoms with Gasteiger partial charge in [0.05, 0.1) is 6.54 Å². The van der Waals surface area contributed by atoms with E-state index in [1.54, 1.807) is 17.2 Å². The minimum atomic E-state index is -0.0825. The third-order valence-electron chi connectivity index (χ3n) is 3.86. The van der Waals surface area contributed by atoms with Gasteiger partial charge in [-0.3, -0.25) is 0 Å². The van der Waals surface area contributed by atoms with E-state index in [4.69, 9.17) is 16.3 Å². The van der Waals surface area contributed by atoms with E-state index in [2.05, 4.69) is 15.3 Å². The van der Waals surface area contributed by atoms with Gasteiger partial charge < -0.3 is 15.0 Å². The second kappa shape index (κ2) is 7.97. The molecule has 6 nitrogen and oxygen atoms in total. The zero-order valence-electron chi connectivity index (χ0n) is 13.2. The van der Waals surface area contributed by atoms with Crippen molar-refractivity contribution in [1.82, 2.24) is 20.2 Å². The van der Waals surface area contributed by atoms with Crippen molar-refractivity contribution in [2.24, 2.45) is 0 Å². The van der Waals surface area contributed by atoms with E-state index in [0.717, 1.165) is 24.9 Å². The lowest BCUT2D eigenvalue weighted by atomic mass is 10.1. The van der Waals surface area contributed by atoms with Crippen LogP contribution in [-0.2, 0) is 6.54 Å². The highest BCUT2D eigenvalue weighted by atomic mass is 35.5. The molecule has 0 bridgehead atoms. The first-order valence-corrected chi connectivity index (χ1v) is 8.28. The number of nitrogens with one attached hydrogen (secondary N) is 1. The molecule has 1 aliphatic heterocycles. The van der Waals surface area contributed by atoms with Crippen LogP contribution in [0.5, 0.6) is 5.88 Å². The van der Waals surface area contributed by atoms with E-state index in [0.29, 0.717) is 24.0 Å². The van der Waals surface area contributed by atoms with Gasteiger partial charge in [0.2, 0.25) is 5.88 Å². The second-order valence-electron chi connectivity index (χ2n) is 5.66. The summed E-state index contributed by atoms with van der Waals surface area (Å²) >= 11 is 5.86. The number of urea groups is 1. The van der Waals surface area contributed by atoms with Gasteiger partial charge >= 0.3 is 6.03 Å². The lowest BCUT2D eigenvalue weighted by molar-refractivity contribution is 0.0976. The molecule has 1 aromatic heterocycles. The van der Waals surface area contributed by atoms with E-state index in [-0.39, 0.29) is 12.1 Å². The van der Waals surface area contributed by atoms with E-state index in [9.17, 15) is 4.79 Å². The summed E-state index contributed by atoms with van der Waals surface area (Å²) in [6.07, 6.45) is 4.86. The number of benzene rings is 1. The van der Waals surface area contributed by atoms with Crippen molar-refractivity contribution in [3.05, 3.63) is 53.4 Å². The third kappa shape index (κ3) is 4.58. The van der Waals surface area contributed by atoms with Crippen molar-refractivity contribution in [3.8, 4) is 5.88 Å². The van der Waals surface area contributed by atoms with Gasteiger partial charge in [-0.2, -0.15) is 0 Å².